The van der Waals surface area contributed by atoms with E-state index in [0.29, 0.717) is 44.2 Å². The largest absolute Gasteiger partial charge is 0.383 e. The maximum atomic E-state index is 13.1. The third-order valence-electron chi connectivity index (χ3n) is 6.00. The highest BCUT2D eigenvalue weighted by Gasteiger charge is 2.36. The van der Waals surface area contributed by atoms with E-state index in [9.17, 15) is 13.2 Å². The van der Waals surface area contributed by atoms with Gasteiger partial charge in [-0.25, -0.2) is 8.42 Å². The third-order valence-corrected chi connectivity index (χ3v) is 7.94. The van der Waals surface area contributed by atoms with E-state index in [-0.39, 0.29) is 18.1 Å². The van der Waals surface area contributed by atoms with Gasteiger partial charge in [0.2, 0.25) is 10.0 Å². The minimum Gasteiger partial charge on any atom is -0.383 e. The summed E-state index contributed by atoms with van der Waals surface area (Å²) in [5, 5.41) is 0. The van der Waals surface area contributed by atoms with Crippen LogP contribution >= 0.6 is 0 Å². The number of hydrogen-bond acceptors (Lipinski definition) is 5. The van der Waals surface area contributed by atoms with Crippen molar-refractivity contribution in [3.8, 4) is 0 Å². The predicted octanol–water partition coefficient (Wildman–Crippen LogP) is 1.55. The van der Waals surface area contributed by atoms with Crippen LogP contribution in [0.5, 0.6) is 0 Å². The fourth-order valence-corrected chi connectivity index (χ4v) is 6.20. The highest BCUT2D eigenvalue weighted by Crippen LogP contribution is 2.29. The normalized spacial score (nSPS) is 25.8. The number of hydrogen-bond donors (Lipinski definition) is 0. The van der Waals surface area contributed by atoms with E-state index in [1.807, 2.05) is 11.0 Å². The summed E-state index contributed by atoms with van der Waals surface area (Å²) < 4.78 is 38.6. The zero-order valence-corrected chi connectivity index (χ0v) is 17.1. The summed E-state index contributed by atoms with van der Waals surface area (Å²) in [5.41, 5.74) is 2.03. The second-order valence-corrected chi connectivity index (χ2v) is 9.70. The van der Waals surface area contributed by atoms with Gasteiger partial charge in [0.15, 0.2) is 0 Å². The summed E-state index contributed by atoms with van der Waals surface area (Å²) in [6, 6.07) is 5.24. The molecular formula is C20H28N2O5S. The molecule has 0 aromatic heterocycles. The maximum absolute atomic E-state index is 13.1. The predicted molar refractivity (Wildman–Crippen MR) is 103 cm³/mol. The van der Waals surface area contributed by atoms with Crippen molar-refractivity contribution in [1.29, 1.82) is 0 Å². The van der Waals surface area contributed by atoms with Crippen LogP contribution in [0.15, 0.2) is 23.1 Å². The number of nitrogens with zero attached hydrogens (tertiary/aromatic N) is 2. The minimum absolute atomic E-state index is 0.0549. The first kappa shape index (κ1) is 19.8. The van der Waals surface area contributed by atoms with Gasteiger partial charge in [-0.3, -0.25) is 4.79 Å². The Labute approximate surface area is 166 Å². The SMILES string of the molecule is COC[C@H]1CCCN1S(=O)(=O)c1ccc2c(c1)CCN(C(=O)[C@H]1CCCO1)C2. The molecule has 1 amide bonds. The lowest BCUT2D eigenvalue weighted by atomic mass is 9.99. The van der Waals surface area contributed by atoms with E-state index in [0.717, 1.165) is 36.8 Å². The van der Waals surface area contributed by atoms with Crippen LogP contribution in [0.2, 0.25) is 0 Å². The first-order chi connectivity index (χ1) is 13.5. The van der Waals surface area contributed by atoms with Gasteiger partial charge in [0.05, 0.1) is 11.5 Å². The Morgan fingerprint density at radius 3 is 2.82 bits per heavy atom. The Balaban J connectivity index is 1.51. The number of rotatable bonds is 5. The van der Waals surface area contributed by atoms with Crippen LogP contribution in [-0.4, -0.2) is 69.1 Å². The van der Waals surface area contributed by atoms with Crippen LogP contribution in [0.4, 0.5) is 0 Å². The van der Waals surface area contributed by atoms with Gasteiger partial charge in [0, 0.05) is 39.4 Å². The summed E-state index contributed by atoms with van der Waals surface area (Å²) in [4.78, 5) is 14.8. The van der Waals surface area contributed by atoms with Crippen LogP contribution < -0.4 is 0 Å². The first-order valence-electron chi connectivity index (χ1n) is 10.0. The average molecular weight is 409 g/mol. The molecule has 3 aliphatic rings. The van der Waals surface area contributed by atoms with Crippen molar-refractivity contribution in [2.24, 2.45) is 0 Å². The Bertz CT molecular complexity index is 835. The third kappa shape index (κ3) is 3.70. The number of carbonyl (C=O) groups excluding carboxylic acids is 1. The molecule has 3 heterocycles. The summed E-state index contributed by atoms with van der Waals surface area (Å²) in [6.45, 7) is 2.74. The molecule has 0 bridgehead atoms. The van der Waals surface area contributed by atoms with E-state index >= 15 is 0 Å². The molecule has 7 nitrogen and oxygen atoms in total. The zero-order valence-electron chi connectivity index (χ0n) is 16.3. The van der Waals surface area contributed by atoms with Crippen molar-refractivity contribution >= 4 is 15.9 Å². The second-order valence-electron chi connectivity index (χ2n) is 7.81. The molecule has 1 aromatic carbocycles. The molecule has 28 heavy (non-hydrogen) atoms. The number of methoxy groups -OCH3 is 1. The van der Waals surface area contributed by atoms with Gasteiger partial charge in [-0.05, 0) is 55.4 Å². The minimum atomic E-state index is -3.53. The molecular weight excluding hydrogens is 380 g/mol. The molecule has 0 saturated carbocycles. The van der Waals surface area contributed by atoms with E-state index in [4.69, 9.17) is 9.47 Å². The van der Waals surface area contributed by atoms with E-state index in [1.54, 1.807) is 23.5 Å². The van der Waals surface area contributed by atoms with Crippen molar-refractivity contribution in [1.82, 2.24) is 9.21 Å². The summed E-state index contributed by atoms with van der Waals surface area (Å²) in [7, 11) is -1.93. The fraction of sp³-hybridized carbons (Fsp3) is 0.650. The smallest absolute Gasteiger partial charge is 0.252 e. The highest BCUT2D eigenvalue weighted by molar-refractivity contribution is 7.89. The number of fused-ring (bicyclic) bond motifs is 1. The van der Waals surface area contributed by atoms with E-state index < -0.39 is 10.0 Å². The lowest BCUT2D eigenvalue weighted by molar-refractivity contribution is -0.141. The molecule has 1 aromatic rings. The molecule has 2 atom stereocenters. The van der Waals surface area contributed by atoms with E-state index in [2.05, 4.69) is 0 Å². The molecule has 8 heteroatoms. The Morgan fingerprint density at radius 2 is 2.07 bits per heavy atom. The molecule has 0 spiro atoms. The number of benzene rings is 1. The first-order valence-corrected chi connectivity index (χ1v) is 11.5. The van der Waals surface area contributed by atoms with Crippen molar-refractivity contribution in [2.75, 3.05) is 33.4 Å². The highest BCUT2D eigenvalue weighted by atomic mass is 32.2. The van der Waals surface area contributed by atoms with Gasteiger partial charge in [-0.2, -0.15) is 4.31 Å². The Hall–Kier alpha value is -1.48. The van der Waals surface area contributed by atoms with Gasteiger partial charge in [-0.15, -0.1) is 0 Å². The molecule has 2 saturated heterocycles. The Morgan fingerprint density at radius 1 is 1.21 bits per heavy atom. The van der Waals surface area contributed by atoms with Crippen LogP contribution in [0, 0.1) is 0 Å². The van der Waals surface area contributed by atoms with Crippen molar-refractivity contribution in [3.63, 3.8) is 0 Å². The molecule has 4 rings (SSSR count). The number of amides is 1. The zero-order chi connectivity index (χ0) is 19.7. The van der Waals surface area contributed by atoms with Gasteiger partial charge in [-0.1, -0.05) is 6.07 Å². The van der Waals surface area contributed by atoms with Crippen molar-refractivity contribution in [2.45, 2.75) is 55.7 Å². The number of carbonyl (C=O) groups is 1. The van der Waals surface area contributed by atoms with Gasteiger partial charge in [0.1, 0.15) is 6.10 Å². The standard InChI is InChI=1S/C20H28N2O5S/c1-26-14-17-4-2-9-22(17)28(24,25)18-7-6-16-13-21(10-8-15(16)12-18)20(23)19-5-3-11-27-19/h6-7,12,17,19H,2-5,8-11,13-14H2,1H3/t17-,19-/m1/s1. The molecule has 0 aliphatic carbocycles. The number of ether oxygens (including phenoxy) is 2. The molecule has 0 unspecified atom stereocenters. The number of sulfonamides is 1. The molecule has 2 fully saturated rings. The van der Waals surface area contributed by atoms with Gasteiger partial charge in [0.25, 0.3) is 5.91 Å². The van der Waals surface area contributed by atoms with Crippen molar-refractivity contribution < 1.29 is 22.7 Å². The summed E-state index contributed by atoms with van der Waals surface area (Å²) >= 11 is 0. The van der Waals surface area contributed by atoms with Crippen molar-refractivity contribution in [3.05, 3.63) is 29.3 Å². The molecule has 0 N–H and O–H groups in total. The van der Waals surface area contributed by atoms with Gasteiger partial charge >= 0.3 is 0 Å². The quantitative estimate of drug-likeness (QED) is 0.739. The van der Waals surface area contributed by atoms with Crippen LogP contribution in [0.25, 0.3) is 0 Å². The Kier molecular flexibility index (Phi) is 5.73. The second kappa shape index (κ2) is 8.10. The van der Waals surface area contributed by atoms with E-state index in [1.165, 1.54) is 0 Å². The summed E-state index contributed by atoms with van der Waals surface area (Å²) in [6.07, 6.45) is 3.77. The monoisotopic (exact) mass is 408 g/mol. The average Bonchev–Trinajstić information content (AvgIpc) is 3.39. The summed E-state index contributed by atoms with van der Waals surface area (Å²) in [5.74, 6) is 0.0549. The molecule has 3 aliphatic heterocycles. The molecule has 154 valence electrons. The van der Waals surface area contributed by atoms with Crippen LogP contribution in [0.3, 0.4) is 0 Å². The fourth-order valence-electron chi connectivity index (χ4n) is 4.47. The van der Waals surface area contributed by atoms with Crippen LogP contribution in [-0.2, 0) is 37.3 Å². The molecule has 0 radical (unpaired) electrons. The maximum Gasteiger partial charge on any atom is 0.252 e. The van der Waals surface area contributed by atoms with Crippen LogP contribution in [0.1, 0.15) is 36.8 Å². The van der Waals surface area contributed by atoms with Gasteiger partial charge < -0.3 is 14.4 Å². The lowest BCUT2D eigenvalue weighted by Gasteiger charge is -2.31. The lowest BCUT2D eigenvalue weighted by Crippen LogP contribution is -2.42. The topological polar surface area (TPSA) is 76.2 Å².